The summed E-state index contributed by atoms with van der Waals surface area (Å²) in [5.74, 6) is 0.360. The van der Waals surface area contributed by atoms with E-state index in [-0.39, 0.29) is 11.1 Å². The Kier molecular flexibility index (Phi) is 3.74. The topological polar surface area (TPSA) is 37.8 Å². The fraction of sp³-hybridized carbons (Fsp3) is 0.0769. The van der Waals surface area contributed by atoms with Gasteiger partial charge in [0.1, 0.15) is 16.5 Å². The fourth-order valence-corrected chi connectivity index (χ4v) is 3.10. The number of benzene rings is 1. The molecule has 0 fully saturated rings. The number of aromatic nitrogens is 2. The van der Waals surface area contributed by atoms with Crippen molar-refractivity contribution in [3.05, 3.63) is 51.3 Å². The number of halogens is 3. The summed E-state index contributed by atoms with van der Waals surface area (Å²) >= 11 is 13.2. The lowest BCUT2D eigenvalue weighted by Crippen LogP contribution is -2.02. The van der Waals surface area contributed by atoms with Crippen molar-refractivity contribution in [3.8, 4) is 0 Å². The van der Waals surface area contributed by atoms with Gasteiger partial charge < -0.3 is 5.32 Å². The van der Waals surface area contributed by atoms with Crippen LogP contribution < -0.4 is 5.32 Å². The second kappa shape index (κ2) is 5.52. The minimum Gasteiger partial charge on any atom is -0.365 e. The third kappa shape index (κ3) is 2.85. The average Bonchev–Trinajstić information content (AvgIpc) is 2.78. The predicted octanol–water partition coefficient (Wildman–Crippen LogP) is 4.75. The minimum absolute atomic E-state index is 0.164. The summed E-state index contributed by atoms with van der Waals surface area (Å²) in [5.41, 5.74) is 0.940. The van der Waals surface area contributed by atoms with Crippen LogP contribution in [-0.2, 0) is 6.54 Å². The predicted molar refractivity (Wildman–Crippen MR) is 81.2 cm³/mol. The van der Waals surface area contributed by atoms with E-state index in [0.717, 1.165) is 15.8 Å². The van der Waals surface area contributed by atoms with Gasteiger partial charge in [-0.1, -0.05) is 23.7 Å². The average molecular weight is 328 g/mol. The zero-order chi connectivity index (χ0) is 14.1. The highest BCUT2D eigenvalue weighted by atomic mass is 35.5. The summed E-state index contributed by atoms with van der Waals surface area (Å²) in [4.78, 5) is 9.02. The van der Waals surface area contributed by atoms with Gasteiger partial charge in [0.25, 0.3) is 0 Å². The Balaban J connectivity index is 1.88. The number of rotatable bonds is 3. The Bertz CT molecular complexity index is 758. The van der Waals surface area contributed by atoms with Crippen LogP contribution in [0.3, 0.4) is 0 Å². The third-order valence-electron chi connectivity index (χ3n) is 2.71. The second-order valence-electron chi connectivity index (χ2n) is 4.09. The molecule has 0 radical (unpaired) electrons. The van der Waals surface area contributed by atoms with Crippen molar-refractivity contribution in [2.75, 3.05) is 5.32 Å². The molecule has 0 saturated heterocycles. The van der Waals surface area contributed by atoms with Gasteiger partial charge in [0.05, 0.1) is 9.72 Å². The maximum atomic E-state index is 12.8. The molecule has 0 aliphatic heterocycles. The zero-order valence-corrected chi connectivity index (χ0v) is 12.4. The maximum absolute atomic E-state index is 12.8. The lowest BCUT2D eigenvalue weighted by Gasteiger charge is -2.07. The van der Waals surface area contributed by atoms with Gasteiger partial charge in [-0.25, -0.2) is 14.4 Å². The third-order valence-corrected chi connectivity index (χ3v) is 4.04. The summed E-state index contributed by atoms with van der Waals surface area (Å²) in [6, 6.07) is 8.05. The lowest BCUT2D eigenvalue weighted by molar-refractivity contribution is 0.627. The van der Waals surface area contributed by atoms with E-state index in [1.165, 1.54) is 23.5 Å². The maximum Gasteiger partial charge on any atom is 0.225 e. The molecule has 3 rings (SSSR count). The van der Waals surface area contributed by atoms with Crippen molar-refractivity contribution in [1.82, 2.24) is 9.97 Å². The molecule has 20 heavy (non-hydrogen) atoms. The molecule has 0 unspecified atom stereocenters. The molecule has 7 heteroatoms. The standard InChI is InChI=1S/C13H8Cl2FN3S/c14-10-5-9-11(18-13(15)19-12(9)20-10)17-6-7-1-3-8(16)4-2-7/h1-5H,6H2,(H,17,18,19). The zero-order valence-electron chi connectivity index (χ0n) is 10.0. The summed E-state index contributed by atoms with van der Waals surface area (Å²) < 4.78 is 13.5. The smallest absolute Gasteiger partial charge is 0.225 e. The van der Waals surface area contributed by atoms with Crippen LogP contribution >= 0.6 is 34.5 Å². The summed E-state index contributed by atoms with van der Waals surface area (Å²) in [7, 11) is 0. The van der Waals surface area contributed by atoms with Gasteiger partial charge in [0, 0.05) is 6.54 Å². The van der Waals surface area contributed by atoms with E-state index in [0.29, 0.717) is 16.7 Å². The first-order valence-electron chi connectivity index (χ1n) is 5.73. The van der Waals surface area contributed by atoms with Crippen LogP contribution in [0.5, 0.6) is 0 Å². The number of thiophene rings is 1. The number of nitrogens with one attached hydrogen (secondary N) is 1. The molecule has 3 aromatic rings. The highest BCUT2D eigenvalue weighted by molar-refractivity contribution is 7.22. The molecule has 0 atom stereocenters. The first-order chi connectivity index (χ1) is 9.61. The number of fused-ring (bicyclic) bond motifs is 1. The molecule has 102 valence electrons. The van der Waals surface area contributed by atoms with Gasteiger partial charge in [-0.2, -0.15) is 0 Å². The highest BCUT2D eigenvalue weighted by Crippen LogP contribution is 2.32. The largest absolute Gasteiger partial charge is 0.365 e. The lowest BCUT2D eigenvalue weighted by atomic mass is 10.2. The molecule has 3 nitrogen and oxygen atoms in total. The monoisotopic (exact) mass is 327 g/mol. The first kappa shape index (κ1) is 13.5. The fourth-order valence-electron chi connectivity index (χ4n) is 1.79. The Morgan fingerprint density at radius 3 is 2.65 bits per heavy atom. The van der Waals surface area contributed by atoms with Crippen LogP contribution in [-0.4, -0.2) is 9.97 Å². The molecule has 0 bridgehead atoms. The first-order valence-corrected chi connectivity index (χ1v) is 7.30. The van der Waals surface area contributed by atoms with Crippen LogP contribution in [0.2, 0.25) is 9.62 Å². The molecular formula is C13H8Cl2FN3S. The van der Waals surface area contributed by atoms with E-state index < -0.39 is 0 Å². The van der Waals surface area contributed by atoms with Crippen molar-refractivity contribution in [1.29, 1.82) is 0 Å². The van der Waals surface area contributed by atoms with E-state index in [9.17, 15) is 4.39 Å². The van der Waals surface area contributed by atoms with E-state index in [1.807, 2.05) is 0 Å². The molecule has 2 aromatic heterocycles. The van der Waals surface area contributed by atoms with Crippen molar-refractivity contribution in [2.45, 2.75) is 6.54 Å². The Labute approximate surface area is 128 Å². The number of hydrogen-bond acceptors (Lipinski definition) is 4. The quantitative estimate of drug-likeness (QED) is 0.705. The molecule has 0 amide bonds. The SMILES string of the molecule is Fc1ccc(CNc2nc(Cl)nc3sc(Cl)cc23)cc1. The van der Waals surface area contributed by atoms with Crippen molar-refractivity contribution in [2.24, 2.45) is 0 Å². The molecular weight excluding hydrogens is 320 g/mol. The second-order valence-corrected chi connectivity index (χ2v) is 6.09. The number of anilines is 1. The summed E-state index contributed by atoms with van der Waals surface area (Å²) in [6.07, 6.45) is 0. The van der Waals surface area contributed by atoms with Crippen molar-refractivity contribution < 1.29 is 4.39 Å². The van der Waals surface area contributed by atoms with Gasteiger partial charge in [0.2, 0.25) is 5.28 Å². The van der Waals surface area contributed by atoms with E-state index in [4.69, 9.17) is 23.2 Å². The van der Waals surface area contributed by atoms with E-state index in [1.54, 1.807) is 18.2 Å². The molecule has 1 aromatic carbocycles. The normalized spacial score (nSPS) is 10.9. The van der Waals surface area contributed by atoms with E-state index in [2.05, 4.69) is 15.3 Å². The number of nitrogens with zero attached hydrogens (tertiary/aromatic N) is 2. The van der Waals surface area contributed by atoms with Crippen LogP contribution in [0.15, 0.2) is 30.3 Å². The Morgan fingerprint density at radius 1 is 1.15 bits per heavy atom. The van der Waals surface area contributed by atoms with Gasteiger partial charge in [-0.3, -0.25) is 0 Å². The van der Waals surface area contributed by atoms with Crippen molar-refractivity contribution in [3.63, 3.8) is 0 Å². The van der Waals surface area contributed by atoms with Crippen molar-refractivity contribution >= 4 is 50.6 Å². The summed E-state index contributed by atoms with van der Waals surface area (Å²) in [6.45, 7) is 0.510. The van der Waals surface area contributed by atoms with Gasteiger partial charge in [-0.15, -0.1) is 11.3 Å². The summed E-state index contributed by atoms with van der Waals surface area (Å²) in [5, 5.41) is 4.16. The van der Waals surface area contributed by atoms with Gasteiger partial charge in [0.15, 0.2) is 0 Å². The minimum atomic E-state index is -0.258. The van der Waals surface area contributed by atoms with Gasteiger partial charge in [-0.05, 0) is 35.4 Å². The van der Waals surface area contributed by atoms with Crippen LogP contribution in [0, 0.1) is 5.82 Å². The number of hydrogen-bond donors (Lipinski definition) is 1. The van der Waals surface area contributed by atoms with Crippen LogP contribution in [0.25, 0.3) is 10.2 Å². The molecule has 0 saturated carbocycles. The van der Waals surface area contributed by atoms with E-state index >= 15 is 0 Å². The van der Waals surface area contributed by atoms with Gasteiger partial charge >= 0.3 is 0 Å². The molecule has 1 N–H and O–H groups in total. The molecule has 0 aliphatic rings. The molecule has 2 heterocycles. The van der Waals surface area contributed by atoms with Crippen LogP contribution in [0.4, 0.5) is 10.2 Å². The molecule has 0 spiro atoms. The Morgan fingerprint density at radius 2 is 1.90 bits per heavy atom. The highest BCUT2D eigenvalue weighted by Gasteiger charge is 2.10. The Hall–Kier alpha value is -1.43. The van der Waals surface area contributed by atoms with Crippen LogP contribution in [0.1, 0.15) is 5.56 Å². The molecule has 0 aliphatic carbocycles.